The molecule has 0 aliphatic carbocycles. The molecule has 20 heavy (non-hydrogen) atoms. The standard InChI is InChI=1S/C12H13BF3N2O.K/c1-9-7-11(3-4-12(9)13(14,15)16)19-8-10-5-6-18(2)17-10;/h3-7H,8H2,1-2H3;/q-1;+1. The van der Waals surface area contributed by atoms with Crippen molar-refractivity contribution in [1.29, 1.82) is 0 Å². The fraction of sp³-hybridized carbons (Fsp3) is 0.250. The van der Waals surface area contributed by atoms with Crippen LogP contribution in [0.2, 0.25) is 0 Å². The maximum atomic E-state index is 12.6. The average Bonchev–Trinajstić information content (AvgIpc) is 2.71. The minimum absolute atomic E-state index is 0. The number of hydrogen-bond donors (Lipinski definition) is 0. The molecular formula is C12H13BF3KN2O. The summed E-state index contributed by atoms with van der Waals surface area (Å²) in [5, 5.41) is 4.12. The Morgan fingerprint density at radius 3 is 2.45 bits per heavy atom. The van der Waals surface area contributed by atoms with E-state index in [0.29, 0.717) is 5.75 Å². The molecule has 0 spiro atoms. The zero-order valence-electron chi connectivity index (χ0n) is 11.6. The molecule has 2 rings (SSSR count). The maximum absolute atomic E-state index is 12.6. The summed E-state index contributed by atoms with van der Waals surface area (Å²) in [6, 6.07) is 5.58. The Bertz CT molecular complexity index is 586. The van der Waals surface area contributed by atoms with Crippen molar-refractivity contribution >= 4 is 12.4 Å². The first-order valence-corrected chi connectivity index (χ1v) is 5.78. The van der Waals surface area contributed by atoms with Crippen LogP contribution < -0.4 is 61.6 Å². The van der Waals surface area contributed by atoms with Gasteiger partial charge in [0, 0.05) is 13.2 Å². The third-order valence-corrected chi connectivity index (χ3v) is 2.75. The van der Waals surface area contributed by atoms with Gasteiger partial charge in [-0.05, 0) is 25.1 Å². The molecule has 0 saturated heterocycles. The Hall–Kier alpha value is -0.279. The topological polar surface area (TPSA) is 27.1 Å². The first-order chi connectivity index (χ1) is 8.86. The molecule has 0 amide bonds. The first-order valence-electron chi connectivity index (χ1n) is 5.78. The van der Waals surface area contributed by atoms with Crippen molar-refractivity contribution < 1.29 is 69.1 Å². The number of aryl methyl sites for hydroxylation is 2. The molecule has 0 N–H and O–H groups in total. The van der Waals surface area contributed by atoms with Gasteiger partial charge in [-0.15, -0.1) is 5.46 Å². The van der Waals surface area contributed by atoms with Gasteiger partial charge in [0.25, 0.3) is 0 Å². The maximum Gasteiger partial charge on any atom is 1.00 e. The van der Waals surface area contributed by atoms with Gasteiger partial charge in [0.15, 0.2) is 0 Å². The van der Waals surface area contributed by atoms with Crippen LogP contribution in [0.1, 0.15) is 11.3 Å². The molecule has 0 atom stereocenters. The van der Waals surface area contributed by atoms with E-state index in [1.165, 1.54) is 19.1 Å². The third kappa shape index (κ3) is 4.63. The molecule has 0 radical (unpaired) electrons. The summed E-state index contributed by atoms with van der Waals surface area (Å²) >= 11 is 0. The quantitative estimate of drug-likeness (QED) is 0.703. The van der Waals surface area contributed by atoms with Crippen LogP contribution in [0, 0.1) is 6.92 Å². The molecule has 0 aliphatic heterocycles. The Morgan fingerprint density at radius 2 is 1.95 bits per heavy atom. The molecule has 1 aromatic carbocycles. The van der Waals surface area contributed by atoms with Crippen LogP contribution in [0.4, 0.5) is 12.9 Å². The molecule has 3 nitrogen and oxygen atoms in total. The molecule has 0 saturated carbocycles. The number of aromatic nitrogens is 2. The van der Waals surface area contributed by atoms with Gasteiger partial charge >= 0.3 is 58.4 Å². The van der Waals surface area contributed by atoms with Gasteiger partial charge < -0.3 is 17.7 Å². The van der Waals surface area contributed by atoms with Gasteiger partial charge in [-0.2, -0.15) is 5.10 Å². The van der Waals surface area contributed by atoms with Crippen LogP contribution in [0.15, 0.2) is 30.5 Å². The minimum atomic E-state index is -4.97. The zero-order chi connectivity index (χ0) is 14.0. The first kappa shape index (κ1) is 17.8. The molecule has 8 heteroatoms. The molecule has 0 aliphatic rings. The SMILES string of the molecule is Cc1cc(OCc2ccn(C)n2)ccc1[B-](F)(F)F.[K+]. The summed E-state index contributed by atoms with van der Waals surface area (Å²) in [6.07, 6.45) is 1.78. The molecule has 2 aromatic rings. The predicted octanol–water partition coefficient (Wildman–Crippen LogP) is -0.634. The summed E-state index contributed by atoms with van der Waals surface area (Å²) in [5.74, 6) is 0.409. The number of hydrogen-bond acceptors (Lipinski definition) is 2. The Kier molecular flexibility index (Phi) is 6.33. The zero-order valence-corrected chi connectivity index (χ0v) is 14.7. The number of benzene rings is 1. The number of ether oxygens (including phenoxy) is 1. The Morgan fingerprint density at radius 1 is 1.25 bits per heavy atom. The van der Waals surface area contributed by atoms with E-state index in [9.17, 15) is 12.9 Å². The summed E-state index contributed by atoms with van der Waals surface area (Å²) in [4.78, 5) is 0. The van der Waals surface area contributed by atoms with E-state index in [4.69, 9.17) is 4.74 Å². The van der Waals surface area contributed by atoms with E-state index in [1.807, 2.05) is 0 Å². The van der Waals surface area contributed by atoms with Crippen LogP contribution in [0.5, 0.6) is 5.75 Å². The van der Waals surface area contributed by atoms with Crippen LogP contribution >= 0.6 is 0 Å². The van der Waals surface area contributed by atoms with Crippen molar-refractivity contribution in [3.8, 4) is 5.75 Å². The second kappa shape index (κ2) is 7.13. The molecule has 1 aromatic heterocycles. The van der Waals surface area contributed by atoms with Gasteiger partial charge in [-0.3, -0.25) is 4.68 Å². The number of rotatable bonds is 4. The van der Waals surface area contributed by atoms with Crippen LogP contribution in [-0.2, 0) is 13.7 Å². The van der Waals surface area contributed by atoms with E-state index in [-0.39, 0.29) is 63.6 Å². The number of halogens is 3. The largest absolute Gasteiger partial charge is 1.00 e. The van der Waals surface area contributed by atoms with Crippen molar-refractivity contribution in [2.75, 3.05) is 0 Å². The molecule has 0 bridgehead atoms. The minimum Gasteiger partial charge on any atom is -0.487 e. The summed E-state index contributed by atoms with van der Waals surface area (Å²) in [5.41, 5.74) is 0.320. The third-order valence-electron chi connectivity index (χ3n) is 2.75. The average molecular weight is 308 g/mol. The molecule has 1 heterocycles. The van der Waals surface area contributed by atoms with Crippen LogP contribution in [0.25, 0.3) is 0 Å². The van der Waals surface area contributed by atoms with Gasteiger partial charge in [-0.25, -0.2) is 0 Å². The summed E-state index contributed by atoms with van der Waals surface area (Å²) in [6.45, 7) is -3.31. The van der Waals surface area contributed by atoms with E-state index in [1.54, 1.807) is 24.0 Å². The van der Waals surface area contributed by atoms with Gasteiger partial charge in [0.1, 0.15) is 12.4 Å². The van der Waals surface area contributed by atoms with Crippen LogP contribution in [-0.4, -0.2) is 16.8 Å². The number of nitrogens with zero attached hydrogens (tertiary/aromatic N) is 2. The smallest absolute Gasteiger partial charge is 0.487 e. The van der Waals surface area contributed by atoms with E-state index in [2.05, 4.69) is 5.10 Å². The van der Waals surface area contributed by atoms with Crippen molar-refractivity contribution in [1.82, 2.24) is 9.78 Å². The predicted molar refractivity (Wildman–Crippen MR) is 67.4 cm³/mol. The fourth-order valence-electron chi connectivity index (χ4n) is 1.80. The van der Waals surface area contributed by atoms with Gasteiger partial charge in [-0.1, -0.05) is 11.6 Å². The Labute approximate surface area is 158 Å². The second-order valence-electron chi connectivity index (χ2n) is 4.36. The van der Waals surface area contributed by atoms with Crippen molar-refractivity contribution in [2.24, 2.45) is 7.05 Å². The van der Waals surface area contributed by atoms with Gasteiger partial charge in [0.2, 0.25) is 0 Å². The molecule has 102 valence electrons. The normalized spacial score (nSPS) is 11.1. The van der Waals surface area contributed by atoms with E-state index in [0.717, 1.165) is 11.8 Å². The van der Waals surface area contributed by atoms with E-state index >= 15 is 0 Å². The van der Waals surface area contributed by atoms with Crippen molar-refractivity contribution in [2.45, 2.75) is 13.5 Å². The fourth-order valence-corrected chi connectivity index (χ4v) is 1.80. The Balaban J connectivity index is 0.00000200. The van der Waals surface area contributed by atoms with Crippen LogP contribution in [0.3, 0.4) is 0 Å². The van der Waals surface area contributed by atoms with Gasteiger partial charge in [0.05, 0.1) is 5.69 Å². The molecular weight excluding hydrogens is 295 g/mol. The molecule has 0 unspecified atom stereocenters. The molecule has 0 fully saturated rings. The summed E-state index contributed by atoms with van der Waals surface area (Å²) in [7, 11) is 1.79. The second-order valence-corrected chi connectivity index (χ2v) is 4.36. The van der Waals surface area contributed by atoms with Crippen molar-refractivity contribution in [3.05, 3.63) is 41.7 Å². The monoisotopic (exact) mass is 308 g/mol. The summed E-state index contributed by atoms with van der Waals surface area (Å²) < 4.78 is 45.0. The van der Waals surface area contributed by atoms with E-state index < -0.39 is 12.4 Å². The van der Waals surface area contributed by atoms with Crippen molar-refractivity contribution in [3.63, 3.8) is 0 Å².